The minimum atomic E-state index is 0.353. The molecule has 0 spiro atoms. The molecular weight excluding hydrogens is 1020 g/mol. The standard InChI is InChI=1S/C72H49N11/c1-4-17-46(18-5-1)49-23-10-26-52(37-49)62-65(56-30-13-33-73-42-56)78-70(77-62)59-41-60-61(71-79-63(66(80-71)57-31-14-34-74-43-57)53-27-11-24-50(38-53)47-19-6-2-7-20-47)40-55-29-16-36-76-68(55)69(60)83(45-59)72-81-64(67(82-72)58-32-15-35-75-44-58)54-28-12-25-51(39-54)48-21-8-3-9-22-48/h1-44H,45H2,(H,77,78)(H,79,80)(H,81,82). The van der Waals surface area contributed by atoms with Gasteiger partial charge in [0.05, 0.1) is 51.9 Å². The Morgan fingerprint density at radius 3 is 1.27 bits per heavy atom. The summed E-state index contributed by atoms with van der Waals surface area (Å²) in [5.41, 5.74) is 21.4. The summed E-state index contributed by atoms with van der Waals surface area (Å²) >= 11 is 0. The third kappa shape index (κ3) is 9.23. The van der Waals surface area contributed by atoms with E-state index in [2.05, 4.69) is 217 Å². The lowest BCUT2D eigenvalue weighted by molar-refractivity contribution is 1.01. The van der Waals surface area contributed by atoms with Crippen LogP contribution in [0.4, 0.5) is 11.6 Å². The van der Waals surface area contributed by atoms with Gasteiger partial charge in [0.1, 0.15) is 11.6 Å². The number of aromatic nitrogens is 10. The number of hydrogen-bond donors (Lipinski definition) is 3. The maximum Gasteiger partial charge on any atom is 0.208 e. The minimum absolute atomic E-state index is 0.353. The molecule has 7 aromatic heterocycles. The second-order valence-corrected chi connectivity index (χ2v) is 20.5. The van der Waals surface area contributed by atoms with Crippen LogP contribution in [0.25, 0.3) is 135 Å². The van der Waals surface area contributed by atoms with E-state index >= 15 is 0 Å². The minimum Gasteiger partial charge on any atom is -0.338 e. The highest BCUT2D eigenvalue weighted by molar-refractivity contribution is 6.08. The zero-order valence-electron chi connectivity index (χ0n) is 44.7. The number of aromatic amines is 3. The summed E-state index contributed by atoms with van der Waals surface area (Å²) in [4.78, 5) is 49.7. The van der Waals surface area contributed by atoms with Crippen LogP contribution in [0.1, 0.15) is 11.4 Å². The molecule has 11 nitrogen and oxygen atoms in total. The van der Waals surface area contributed by atoms with Crippen LogP contribution in [0.15, 0.2) is 262 Å². The molecule has 15 rings (SSSR count). The molecule has 0 atom stereocenters. The highest BCUT2D eigenvalue weighted by Gasteiger charge is 2.32. The zero-order chi connectivity index (χ0) is 55.1. The van der Waals surface area contributed by atoms with Gasteiger partial charge in [-0.05, 0) is 106 Å². The van der Waals surface area contributed by atoms with Crippen molar-refractivity contribution in [2.24, 2.45) is 0 Å². The number of anilines is 2. The van der Waals surface area contributed by atoms with Gasteiger partial charge in [0, 0.05) is 98.8 Å². The summed E-state index contributed by atoms with van der Waals surface area (Å²) in [6.07, 6.45) is 15.1. The van der Waals surface area contributed by atoms with Crippen LogP contribution in [-0.2, 0) is 0 Å². The Morgan fingerprint density at radius 2 is 0.771 bits per heavy atom. The monoisotopic (exact) mass is 1070 g/mol. The molecule has 0 aliphatic carbocycles. The molecule has 0 fully saturated rings. The van der Waals surface area contributed by atoms with Crippen molar-refractivity contribution in [3.05, 3.63) is 273 Å². The molecule has 0 unspecified atom stereocenters. The Kier molecular flexibility index (Phi) is 12.3. The fraction of sp³-hybridized carbons (Fsp3) is 0.0139. The number of nitrogens with one attached hydrogen (secondary N) is 3. The SMILES string of the molecule is C1=C(c2nc(-c3cccc(-c4ccccc4)c3)c(-c3cccnc3)[nH]2)CN(c2nc(-c3cccc(-c4ccccc4)c3)c(-c3cccnc3)[nH]2)c2c1c(-c1nc(-c3cccc(-c4ccccc4)c3)c(-c3cccnc3)[nH]1)cc1cccnc21. The Bertz CT molecular complexity index is 4690. The van der Waals surface area contributed by atoms with Crippen molar-refractivity contribution < 1.29 is 0 Å². The first-order valence-electron chi connectivity index (χ1n) is 27.5. The van der Waals surface area contributed by atoms with Crippen molar-refractivity contribution in [1.82, 2.24) is 49.8 Å². The molecule has 0 saturated heterocycles. The highest BCUT2D eigenvalue weighted by Crippen LogP contribution is 2.48. The van der Waals surface area contributed by atoms with Crippen molar-refractivity contribution in [3.8, 4) is 112 Å². The summed E-state index contributed by atoms with van der Waals surface area (Å²) in [7, 11) is 0. The third-order valence-corrected chi connectivity index (χ3v) is 15.3. The number of hydrogen-bond acceptors (Lipinski definition) is 8. The van der Waals surface area contributed by atoms with E-state index in [0.29, 0.717) is 24.1 Å². The predicted molar refractivity (Wildman–Crippen MR) is 334 cm³/mol. The predicted octanol–water partition coefficient (Wildman–Crippen LogP) is 17.0. The summed E-state index contributed by atoms with van der Waals surface area (Å²) in [6.45, 7) is 0.353. The summed E-state index contributed by atoms with van der Waals surface area (Å²) < 4.78 is 0. The Labute approximate surface area is 478 Å². The number of benzene rings is 7. The molecule has 0 bridgehead atoms. The number of fused-ring (bicyclic) bond motifs is 3. The van der Waals surface area contributed by atoms with E-state index in [4.69, 9.17) is 19.9 Å². The fourth-order valence-corrected chi connectivity index (χ4v) is 11.4. The van der Waals surface area contributed by atoms with Gasteiger partial charge in [0.2, 0.25) is 5.95 Å². The van der Waals surface area contributed by atoms with Gasteiger partial charge in [-0.15, -0.1) is 0 Å². The van der Waals surface area contributed by atoms with E-state index in [1.165, 1.54) is 0 Å². The van der Waals surface area contributed by atoms with Crippen LogP contribution in [0.2, 0.25) is 0 Å². The third-order valence-electron chi connectivity index (χ3n) is 15.3. The first-order chi connectivity index (χ1) is 41.1. The lowest BCUT2D eigenvalue weighted by Crippen LogP contribution is -2.26. The van der Waals surface area contributed by atoms with Crippen LogP contribution in [-0.4, -0.2) is 56.4 Å². The lowest BCUT2D eigenvalue weighted by atomic mass is 9.94. The number of rotatable bonds is 12. The van der Waals surface area contributed by atoms with Gasteiger partial charge in [-0.2, -0.15) is 0 Å². The molecule has 0 saturated carbocycles. The highest BCUT2D eigenvalue weighted by atomic mass is 15.3. The van der Waals surface area contributed by atoms with Gasteiger partial charge in [-0.1, -0.05) is 152 Å². The Hall–Kier alpha value is -11.4. The largest absolute Gasteiger partial charge is 0.338 e. The molecule has 83 heavy (non-hydrogen) atoms. The summed E-state index contributed by atoms with van der Waals surface area (Å²) in [5, 5.41) is 0.933. The number of pyridine rings is 4. The average molecular weight is 1070 g/mol. The van der Waals surface area contributed by atoms with Crippen LogP contribution >= 0.6 is 0 Å². The van der Waals surface area contributed by atoms with Crippen molar-refractivity contribution in [1.29, 1.82) is 0 Å². The van der Waals surface area contributed by atoms with Gasteiger partial charge in [0.25, 0.3) is 0 Å². The zero-order valence-corrected chi connectivity index (χ0v) is 44.7. The lowest BCUT2D eigenvalue weighted by Gasteiger charge is -2.31. The summed E-state index contributed by atoms with van der Waals surface area (Å²) in [5.74, 6) is 1.98. The molecule has 11 heteroatoms. The first-order valence-corrected chi connectivity index (χ1v) is 27.5. The van der Waals surface area contributed by atoms with E-state index in [1.807, 2.05) is 67.3 Å². The van der Waals surface area contributed by atoms with Crippen molar-refractivity contribution in [2.45, 2.75) is 0 Å². The normalized spacial score (nSPS) is 12.1. The second-order valence-electron chi connectivity index (χ2n) is 20.5. The van der Waals surface area contributed by atoms with Crippen LogP contribution in [0.3, 0.4) is 0 Å². The molecule has 3 N–H and O–H groups in total. The van der Waals surface area contributed by atoms with E-state index in [1.54, 1.807) is 18.6 Å². The summed E-state index contributed by atoms with van der Waals surface area (Å²) in [6, 6.07) is 75.4. The average Bonchev–Trinajstić information content (AvgIpc) is 4.27. The van der Waals surface area contributed by atoms with Crippen molar-refractivity contribution in [3.63, 3.8) is 0 Å². The van der Waals surface area contributed by atoms with Crippen molar-refractivity contribution >= 4 is 34.2 Å². The molecule has 1 aliphatic heterocycles. The maximum atomic E-state index is 5.66. The quantitative estimate of drug-likeness (QED) is 0.110. The molecule has 0 radical (unpaired) electrons. The molecule has 1 aliphatic rings. The molecule has 0 amide bonds. The first kappa shape index (κ1) is 48.7. The van der Waals surface area contributed by atoms with Crippen LogP contribution in [0.5, 0.6) is 0 Å². The Balaban J connectivity index is 0.976. The smallest absolute Gasteiger partial charge is 0.208 e. The fourth-order valence-electron chi connectivity index (χ4n) is 11.4. The van der Waals surface area contributed by atoms with E-state index in [-0.39, 0.29) is 0 Å². The second kappa shape index (κ2) is 21.0. The van der Waals surface area contributed by atoms with Gasteiger partial charge in [-0.25, -0.2) is 15.0 Å². The molecule has 14 aromatic rings. The van der Waals surface area contributed by atoms with Gasteiger partial charge in [-0.3, -0.25) is 19.9 Å². The van der Waals surface area contributed by atoms with Gasteiger partial charge < -0.3 is 19.9 Å². The van der Waals surface area contributed by atoms with Crippen LogP contribution < -0.4 is 4.90 Å². The molecular formula is C72H49N11. The van der Waals surface area contributed by atoms with Gasteiger partial charge in [0.15, 0.2) is 0 Å². The van der Waals surface area contributed by atoms with Gasteiger partial charge >= 0.3 is 0 Å². The van der Waals surface area contributed by atoms with E-state index in [0.717, 1.165) is 134 Å². The van der Waals surface area contributed by atoms with E-state index in [9.17, 15) is 0 Å². The molecule has 8 heterocycles. The molecule has 392 valence electrons. The molecule has 7 aromatic carbocycles. The number of imidazole rings is 3. The van der Waals surface area contributed by atoms with Crippen LogP contribution in [0, 0.1) is 0 Å². The number of nitrogens with zero attached hydrogens (tertiary/aromatic N) is 8. The van der Waals surface area contributed by atoms with E-state index < -0.39 is 0 Å². The topological polar surface area (TPSA) is 141 Å². The number of H-pyrrole nitrogens is 3. The Morgan fingerprint density at radius 1 is 0.349 bits per heavy atom. The van der Waals surface area contributed by atoms with Crippen molar-refractivity contribution in [2.75, 3.05) is 11.4 Å². The maximum absolute atomic E-state index is 5.66.